The van der Waals surface area contributed by atoms with Gasteiger partial charge in [0.05, 0.1) is 23.4 Å². The van der Waals surface area contributed by atoms with Crippen LogP contribution in [0.15, 0.2) is 21.4 Å². The predicted molar refractivity (Wildman–Crippen MR) is 86.5 cm³/mol. The molecule has 0 N–H and O–H groups in total. The zero-order valence-electron chi connectivity index (χ0n) is 13.0. The predicted octanol–water partition coefficient (Wildman–Crippen LogP) is 1.47. The van der Waals surface area contributed by atoms with E-state index >= 15 is 0 Å². The minimum absolute atomic E-state index is 0.00596. The quantitative estimate of drug-likeness (QED) is 0.456. The highest BCUT2D eigenvalue weighted by Gasteiger charge is 2.23. The van der Waals surface area contributed by atoms with Crippen molar-refractivity contribution in [3.63, 3.8) is 0 Å². The lowest BCUT2D eigenvalue weighted by atomic mass is 10.2. The lowest BCUT2D eigenvalue weighted by Crippen LogP contribution is -2.14. The van der Waals surface area contributed by atoms with Gasteiger partial charge < -0.3 is 14.5 Å². The molecule has 1 rings (SSSR count). The number of esters is 1. The van der Waals surface area contributed by atoms with Crippen LogP contribution in [0.4, 0.5) is 5.69 Å². The molecule has 0 fully saturated rings. The molecular formula is C13H18ClN3O4S. The third-order valence-corrected chi connectivity index (χ3v) is 4.38. The summed E-state index contributed by atoms with van der Waals surface area (Å²) in [5.41, 5.74) is 0.456. The van der Waals surface area contributed by atoms with Gasteiger partial charge in [0.1, 0.15) is 11.2 Å². The Morgan fingerprint density at radius 2 is 1.86 bits per heavy atom. The highest BCUT2D eigenvalue weighted by molar-refractivity contribution is 7.90. The zero-order chi connectivity index (χ0) is 17.1. The second kappa shape index (κ2) is 6.97. The Kier molecular flexibility index (Phi) is 5.78. The number of benzene rings is 1. The maximum Gasteiger partial charge on any atom is 0.337 e. The molecule has 0 aliphatic rings. The van der Waals surface area contributed by atoms with Gasteiger partial charge in [0.15, 0.2) is 0 Å². The number of rotatable bonds is 5. The molecule has 0 heterocycles. The topological polar surface area (TPSA) is 79.3 Å². The average Bonchev–Trinajstić information content (AvgIpc) is 2.44. The first kappa shape index (κ1) is 18.2. The number of anilines is 1. The highest BCUT2D eigenvalue weighted by Crippen LogP contribution is 2.34. The molecule has 0 aromatic heterocycles. The summed E-state index contributed by atoms with van der Waals surface area (Å²) in [6.07, 6.45) is 1.14. The third-order valence-electron chi connectivity index (χ3n) is 2.62. The molecule has 9 heteroatoms. The van der Waals surface area contributed by atoms with Gasteiger partial charge in [-0.15, -0.1) is 4.40 Å². The van der Waals surface area contributed by atoms with E-state index in [4.69, 9.17) is 11.6 Å². The molecule has 0 radical (unpaired) electrons. The van der Waals surface area contributed by atoms with Crippen molar-refractivity contribution in [1.29, 1.82) is 0 Å². The van der Waals surface area contributed by atoms with Crippen LogP contribution >= 0.6 is 11.6 Å². The minimum atomic E-state index is -4.04. The van der Waals surface area contributed by atoms with Crippen LogP contribution in [0.2, 0.25) is 5.02 Å². The maximum absolute atomic E-state index is 12.3. The number of carbonyl (C=O) groups is 1. The van der Waals surface area contributed by atoms with Crippen LogP contribution in [0.5, 0.6) is 0 Å². The lowest BCUT2D eigenvalue weighted by Gasteiger charge is -2.17. The van der Waals surface area contributed by atoms with E-state index < -0.39 is 16.0 Å². The summed E-state index contributed by atoms with van der Waals surface area (Å²) in [5, 5.41) is -0.00596. The third kappa shape index (κ3) is 4.11. The number of halogens is 1. The largest absolute Gasteiger partial charge is 0.465 e. The van der Waals surface area contributed by atoms with Crippen molar-refractivity contribution in [2.45, 2.75) is 4.90 Å². The van der Waals surface area contributed by atoms with Crippen molar-refractivity contribution in [1.82, 2.24) is 4.90 Å². The molecule has 0 spiro atoms. The van der Waals surface area contributed by atoms with Crippen LogP contribution in [-0.4, -0.2) is 60.9 Å². The first-order chi connectivity index (χ1) is 10.1. The second-order valence-electron chi connectivity index (χ2n) is 4.85. The highest BCUT2D eigenvalue weighted by atomic mass is 35.5. The van der Waals surface area contributed by atoms with E-state index in [1.165, 1.54) is 18.1 Å². The van der Waals surface area contributed by atoms with Crippen molar-refractivity contribution >= 4 is 39.6 Å². The zero-order valence-corrected chi connectivity index (χ0v) is 14.6. The lowest BCUT2D eigenvalue weighted by molar-refractivity contribution is 0.0600. The summed E-state index contributed by atoms with van der Waals surface area (Å²) in [6.45, 7) is 0. The Balaban J connectivity index is 3.59. The Labute approximate surface area is 135 Å². The molecule has 1 aromatic rings. The number of sulfonamides is 1. The molecule has 0 saturated heterocycles. The Morgan fingerprint density at radius 1 is 1.27 bits per heavy atom. The average molecular weight is 348 g/mol. The van der Waals surface area contributed by atoms with Crippen molar-refractivity contribution in [2.24, 2.45) is 4.40 Å². The fraction of sp³-hybridized carbons (Fsp3) is 0.385. The molecule has 0 aliphatic heterocycles. The Bertz CT molecular complexity index is 699. The van der Waals surface area contributed by atoms with Gasteiger partial charge in [-0.05, 0) is 12.1 Å². The van der Waals surface area contributed by atoms with Gasteiger partial charge in [-0.2, -0.15) is 8.42 Å². The number of methoxy groups -OCH3 is 1. The van der Waals surface area contributed by atoms with Crippen molar-refractivity contribution in [2.75, 3.05) is 40.2 Å². The molecule has 0 saturated carbocycles. The van der Waals surface area contributed by atoms with Gasteiger partial charge in [0.2, 0.25) is 0 Å². The summed E-state index contributed by atoms with van der Waals surface area (Å²) in [5.74, 6) is -0.659. The van der Waals surface area contributed by atoms with Gasteiger partial charge in [0, 0.05) is 28.2 Å². The fourth-order valence-corrected chi connectivity index (χ4v) is 3.15. The molecule has 7 nitrogen and oxygen atoms in total. The van der Waals surface area contributed by atoms with E-state index in [1.54, 1.807) is 33.1 Å². The van der Waals surface area contributed by atoms with Gasteiger partial charge in [-0.3, -0.25) is 0 Å². The Hall–Kier alpha value is -1.80. The van der Waals surface area contributed by atoms with Gasteiger partial charge in [-0.25, -0.2) is 4.79 Å². The molecule has 0 bridgehead atoms. The van der Waals surface area contributed by atoms with Crippen LogP contribution < -0.4 is 4.90 Å². The summed E-state index contributed by atoms with van der Waals surface area (Å²) < 4.78 is 32.8. The summed E-state index contributed by atoms with van der Waals surface area (Å²) in [4.78, 5) is 14.5. The first-order valence-corrected chi connectivity index (χ1v) is 7.98. The smallest absolute Gasteiger partial charge is 0.337 e. The summed E-state index contributed by atoms with van der Waals surface area (Å²) in [7, 11) is 3.80. The summed E-state index contributed by atoms with van der Waals surface area (Å²) >= 11 is 6.16. The van der Waals surface area contributed by atoms with Gasteiger partial charge in [-0.1, -0.05) is 11.6 Å². The number of hydrogen-bond acceptors (Lipinski definition) is 5. The SMILES string of the molecule is COC(=O)c1cc(N(C)C)c(Cl)c(S(=O)(=O)/N=C/N(C)C)c1. The van der Waals surface area contributed by atoms with Gasteiger partial charge >= 0.3 is 5.97 Å². The standard InChI is InChI=1S/C13H18ClN3O4S/c1-16(2)8-15-22(19,20)11-7-9(13(18)21-5)6-10(12(11)14)17(3)4/h6-8H,1-5H3/b15-8+. The van der Waals surface area contributed by atoms with Crippen LogP contribution in [0.1, 0.15) is 10.4 Å². The minimum Gasteiger partial charge on any atom is -0.465 e. The number of carbonyl (C=O) groups excluding carboxylic acids is 1. The van der Waals surface area contributed by atoms with Crippen LogP contribution in [-0.2, 0) is 14.8 Å². The maximum atomic E-state index is 12.3. The molecule has 122 valence electrons. The van der Waals surface area contributed by atoms with E-state index in [1.807, 2.05) is 0 Å². The number of nitrogens with zero attached hydrogens (tertiary/aromatic N) is 3. The van der Waals surface area contributed by atoms with Crippen LogP contribution in [0, 0.1) is 0 Å². The van der Waals surface area contributed by atoms with E-state index in [2.05, 4.69) is 9.13 Å². The molecule has 0 aliphatic carbocycles. The molecule has 0 unspecified atom stereocenters. The first-order valence-electron chi connectivity index (χ1n) is 6.16. The van der Waals surface area contributed by atoms with Gasteiger partial charge in [0.25, 0.3) is 10.0 Å². The van der Waals surface area contributed by atoms with E-state index in [0.717, 1.165) is 12.4 Å². The second-order valence-corrected chi connectivity index (χ2v) is 6.83. The van der Waals surface area contributed by atoms with Crippen molar-refractivity contribution in [3.05, 3.63) is 22.7 Å². The summed E-state index contributed by atoms with van der Waals surface area (Å²) in [6, 6.07) is 2.62. The molecule has 0 amide bonds. The van der Waals surface area contributed by atoms with E-state index in [0.29, 0.717) is 5.69 Å². The molecule has 22 heavy (non-hydrogen) atoms. The Morgan fingerprint density at radius 3 is 2.32 bits per heavy atom. The fourth-order valence-electron chi connectivity index (χ4n) is 1.55. The molecule has 0 atom stereocenters. The number of hydrogen-bond donors (Lipinski definition) is 0. The normalized spacial score (nSPS) is 11.5. The van der Waals surface area contributed by atoms with E-state index in [9.17, 15) is 13.2 Å². The van der Waals surface area contributed by atoms with Crippen molar-refractivity contribution < 1.29 is 17.9 Å². The van der Waals surface area contributed by atoms with Crippen LogP contribution in [0.25, 0.3) is 0 Å². The molecular weight excluding hydrogens is 330 g/mol. The molecule has 1 aromatic carbocycles. The van der Waals surface area contributed by atoms with E-state index in [-0.39, 0.29) is 15.5 Å². The van der Waals surface area contributed by atoms with Crippen molar-refractivity contribution in [3.8, 4) is 0 Å². The monoisotopic (exact) mass is 347 g/mol. The number of ether oxygens (including phenoxy) is 1. The van der Waals surface area contributed by atoms with Crippen LogP contribution in [0.3, 0.4) is 0 Å².